The van der Waals surface area contributed by atoms with Gasteiger partial charge in [-0.3, -0.25) is 29.4 Å². The molecule has 2 heterocycles. The molecule has 0 spiro atoms. The van der Waals surface area contributed by atoms with Gasteiger partial charge in [-0.2, -0.15) is 0 Å². The van der Waals surface area contributed by atoms with Crippen LogP contribution in [0.5, 0.6) is 0 Å². The zero-order valence-corrected chi connectivity index (χ0v) is 17.4. The molecule has 13 heteroatoms. The smallest absolute Gasteiger partial charge is 0.302 e. The highest BCUT2D eigenvalue weighted by Crippen LogP contribution is 2.38. The van der Waals surface area contributed by atoms with Gasteiger partial charge in [0.1, 0.15) is 12.3 Å². The summed E-state index contributed by atoms with van der Waals surface area (Å²) in [7, 11) is -2.68. The quantitative estimate of drug-likeness (QED) is 0.251. The van der Waals surface area contributed by atoms with Gasteiger partial charge in [-0.05, 0) is 5.56 Å². The Bertz CT molecular complexity index is 1080. The lowest BCUT2D eigenvalue weighted by atomic mass is 10.0. The molecule has 12 nitrogen and oxygen atoms in total. The fraction of sp³-hybridized carbons (Fsp3) is 0.389. The number of esters is 1. The number of rotatable bonds is 7. The van der Waals surface area contributed by atoms with E-state index in [0.29, 0.717) is 5.56 Å². The van der Waals surface area contributed by atoms with Crippen molar-refractivity contribution in [1.82, 2.24) is 10.2 Å². The molecular weight excluding hydrogens is 434 g/mol. The van der Waals surface area contributed by atoms with Crippen molar-refractivity contribution in [2.24, 2.45) is 0 Å². The van der Waals surface area contributed by atoms with Crippen molar-refractivity contribution in [3.63, 3.8) is 0 Å². The fourth-order valence-corrected chi connectivity index (χ4v) is 5.39. The number of hydrogen-bond acceptors (Lipinski definition) is 9. The summed E-state index contributed by atoms with van der Waals surface area (Å²) in [5, 5.41) is 12.0. The first kappa shape index (κ1) is 22.4. The molecule has 1 aromatic carbocycles. The zero-order valence-electron chi connectivity index (χ0n) is 16.6. The first-order valence-corrected chi connectivity index (χ1v) is 10.7. The van der Waals surface area contributed by atoms with Gasteiger partial charge in [-0.15, -0.1) is 0 Å². The number of hydrogen-bond donors (Lipinski definition) is 1. The molecule has 1 fully saturated rings. The van der Waals surface area contributed by atoms with Crippen LogP contribution in [0.4, 0.5) is 5.69 Å². The first-order valence-electron chi connectivity index (χ1n) is 9.01. The van der Waals surface area contributed by atoms with Crippen LogP contribution >= 0.6 is 0 Å². The Morgan fingerprint density at radius 2 is 1.94 bits per heavy atom. The molecule has 2 atom stereocenters. The van der Waals surface area contributed by atoms with Crippen LogP contribution in [0.15, 0.2) is 35.5 Å². The average molecular weight is 453 g/mol. The van der Waals surface area contributed by atoms with E-state index in [9.17, 15) is 32.9 Å². The lowest BCUT2D eigenvalue weighted by Crippen LogP contribution is -2.71. The van der Waals surface area contributed by atoms with E-state index >= 15 is 0 Å². The molecular formula is C18H19N3O9S. The van der Waals surface area contributed by atoms with Crippen LogP contribution in [0, 0.1) is 10.1 Å². The molecule has 2 aliphatic rings. The zero-order chi connectivity index (χ0) is 22.9. The maximum atomic E-state index is 12.9. The summed E-state index contributed by atoms with van der Waals surface area (Å²) in [6.45, 7) is 0.627. The number of fused-ring (bicyclic) bond motifs is 1. The Morgan fingerprint density at radius 1 is 1.29 bits per heavy atom. The van der Waals surface area contributed by atoms with Crippen LogP contribution in [0.25, 0.3) is 0 Å². The molecule has 1 N–H and O–H groups in total. The van der Waals surface area contributed by atoms with Crippen molar-refractivity contribution < 1.29 is 37.2 Å². The van der Waals surface area contributed by atoms with Crippen molar-refractivity contribution in [2.75, 3.05) is 19.5 Å². The van der Waals surface area contributed by atoms with Crippen molar-refractivity contribution in [3.05, 3.63) is 51.2 Å². The molecule has 1 aromatic rings. The topological polar surface area (TPSA) is 162 Å². The summed E-state index contributed by atoms with van der Waals surface area (Å²) in [4.78, 5) is 47.5. The Morgan fingerprint density at radius 3 is 2.48 bits per heavy atom. The molecule has 0 aromatic heterocycles. The summed E-state index contributed by atoms with van der Waals surface area (Å²) in [5.74, 6) is -2.70. The number of methoxy groups -OCH3 is 1. The highest BCUT2D eigenvalue weighted by molar-refractivity contribution is 7.92. The summed E-state index contributed by atoms with van der Waals surface area (Å²) in [6, 6.07) is 5.46. The van der Waals surface area contributed by atoms with Crippen molar-refractivity contribution >= 4 is 33.3 Å². The maximum absolute atomic E-state index is 12.9. The van der Waals surface area contributed by atoms with E-state index in [4.69, 9.17) is 9.47 Å². The van der Waals surface area contributed by atoms with E-state index in [2.05, 4.69) is 5.32 Å². The van der Waals surface area contributed by atoms with E-state index in [-0.39, 0.29) is 23.5 Å². The van der Waals surface area contributed by atoms with Gasteiger partial charge in [0.2, 0.25) is 0 Å². The van der Waals surface area contributed by atoms with Crippen LogP contribution < -0.4 is 5.32 Å². The normalized spacial score (nSPS) is 21.7. The van der Waals surface area contributed by atoms with E-state index in [1.54, 1.807) is 0 Å². The number of carbonyl (C=O) groups excluding carboxylic acids is 3. The molecule has 1 saturated heterocycles. The molecule has 0 bridgehead atoms. The van der Waals surface area contributed by atoms with Crippen LogP contribution in [0.2, 0.25) is 0 Å². The van der Waals surface area contributed by atoms with E-state index in [1.165, 1.54) is 31.4 Å². The largest absolute Gasteiger partial charge is 0.461 e. The van der Waals surface area contributed by atoms with Gasteiger partial charge in [0.05, 0.1) is 10.7 Å². The van der Waals surface area contributed by atoms with Crippen LogP contribution in [-0.2, 0) is 40.2 Å². The molecule has 3 rings (SSSR count). The number of nitro benzene ring substituents is 1. The molecule has 0 unspecified atom stereocenters. The lowest BCUT2D eigenvalue weighted by Gasteiger charge is -2.48. The van der Waals surface area contributed by atoms with Gasteiger partial charge >= 0.3 is 5.97 Å². The number of amides is 2. The highest BCUT2D eigenvalue weighted by atomic mass is 32.2. The second-order valence-corrected chi connectivity index (χ2v) is 9.00. The molecule has 0 saturated carbocycles. The standard InChI is InChI=1S/C18H19N3O9S/c1-10(22)30-8-12-9-31(27,28)18-15(29-2)17(24)20(18)14(12)16(23)19-7-11-3-5-13(6-4-11)21(25)26/h3-6,15,18H,7-9H2,1-2H3,(H,19,23)/t15-,18-/m0/s1. The minimum atomic E-state index is -3.87. The Labute approximate surface area is 176 Å². The minimum absolute atomic E-state index is 0.0319. The Balaban J connectivity index is 1.87. The van der Waals surface area contributed by atoms with Crippen molar-refractivity contribution in [3.8, 4) is 0 Å². The van der Waals surface area contributed by atoms with Crippen LogP contribution in [-0.4, -0.2) is 67.0 Å². The third-order valence-corrected chi connectivity index (χ3v) is 6.78. The summed E-state index contributed by atoms with van der Waals surface area (Å²) in [6.07, 6.45) is -1.22. The second kappa shape index (κ2) is 8.43. The molecule has 166 valence electrons. The first-order chi connectivity index (χ1) is 14.6. The van der Waals surface area contributed by atoms with Crippen LogP contribution in [0.1, 0.15) is 12.5 Å². The minimum Gasteiger partial charge on any atom is -0.461 e. The number of β-lactam (4-membered cyclic amide) rings is 1. The summed E-state index contributed by atoms with van der Waals surface area (Å²) >= 11 is 0. The number of nitrogens with zero attached hydrogens (tertiary/aromatic N) is 2. The van der Waals surface area contributed by atoms with E-state index < -0.39 is 56.4 Å². The number of ether oxygens (including phenoxy) is 2. The van der Waals surface area contributed by atoms with Gasteiger partial charge in [-0.25, -0.2) is 8.42 Å². The third kappa shape index (κ3) is 4.27. The lowest BCUT2D eigenvalue weighted by molar-refractivity contribution is -0.384. The number of benzene rings is 1. The van der Waals surface area contributed by atoms with E-state index in [0.717, 1.165) is 11.8 Å². The van der Waals surface area contributed by atoms with Gasteiger partial charge in [0, 0.05) is 38.3 Å². The maximum Gasteiger partial charge on any atom is 0.302 e. The van der Waals surface area contributed by atoms with Gasteiger partial charge in [0.15, 0.2) is 21.3 Å². The van der Waals surface area contributed by atoms with Crippen molar-refractivity contribution in [1.29, 1.82) is 0 Å². The molecule has 2 amide bonds. The number of nitro groups is 1. The molecule has 2 aliphatic heterocycles. The summed E-state index contributed by atoms with van der Waals surface area (Å²) < 4.78 is 35.1. The van der Waals surface area contributed by atoms with Crippen molar-refractivity contribution in [2.45, 2.75) is 24.9 Å². The van der Waals surface area contributed by atoms with Gasteiger partial charge < -0.3 is 14.8 Å². The number of non-ortho nitro benzene ring substituents is 1. The SMILES string of the molecule is CO[C@H]1C(=O)N2C(C(=O)NCc3ccc([N+](=O)[O-])cc3)=C(COC(C)=O)CS(=O)(=O)[C@@H]12. The monoisotopic (exact) mass is 453 g/mol. The molecule has 0 aliphatic carbocycles. The molecule has 0 radical (unpaired) electrons. The molecule has 31 heavy (non-hydrogen) atoms. The number of nitrogens with one attached hydrogen (secondary N) is 1. The predicted molar refractivity (Wildman–Crippen MR) is 104 cm³/mol. The number of carbonyl (C=O) groups is 3. The van der Waals surface area contributed by atoms with Gasteiger partial charge in [0.25, 0.3) is 17.5 Å². The van der Waals surface area contributed by atoms with E-state index in [1.807, 2.05) is 0 Å². The summed E-state index contributed by atoms with van der Waals surface area (Å²) in [5.41, 5.74) is 0.196. The Kier molecular flexibility index (Phi) is 6.08. The van der Waals surface area contributed by atoms with Gasteiger partial charge in [-0.1, -0.05) is 12.1 Å². The third-order valence-electron chi connectivity index (χ3n) is 4.83. The second-order valence-electron chi connectivity index (χ2n) is 6.90. The Hall–Kier alpha value is -3.32. The number of sulfone groups is 1. The highest BCUT2D eigenvalue weighted by Gasteiger charge is 2.60. The average Bonchev–Trinajstić information content (AvgIpc) is 2.70. The van der Waals surface area contributed by atoms with Crippen LogP contribution in [0.3, 0.4) is 0 Å². The fourth-order valence-electron chi connectivity index (χ4n) is 3.38. The predicted octanol–water partition coefficient (Wildman–Crippen LogP) is -0.360.